The zero-order chi connectivity index (χ0) is 24.6. The molecule has 7 heteroatoms. The van der Waals surface area contributed by atoms with Gasteiger partial charge in [-0.3, -0.25) is 0 Å². The van der Waals surface area contributed by atoms with E-state index >= 15 is 0 Å². The maximum Gasteiger partial charge on any atom is 0.337 e. The zero-order valence-electron chi connectivity index (χ0n) is 19.5. The number of halogens is 1. The first-order chi connectivity index (χ1) is 16.0. The number of carboxylic acid groups (broad SMARTS) is 1. The van der Waals surface area contributed by atoms with E-state index in [0.29, 0.717) is 22.2 Å². The first-order valence-corrected chi connectivity index (χ1v) is 13.5. The van der Waals surface area contributed by atoms with Crippen molar-refractivity contribution in [2.24, 2.45) is 0 Å². The molecule has 5 nitrogen and oxygen atoms in total. The Hall–Kier alpha value is -3.50. The number of benzene rings is 3. The van der Waals surface area contributed by atoms with Crippen LogP contribution in [-0.4, -0.2) is 29.4 Å². The molecule has 174 valence electrons. The molecule has 1 unspecified atom stereocenters. The van der Waals surface area contributed by atoms with Crippen LogP contribution in [0.5, 0.6) is 0 Å². The van der Waals surface area contributed by atoms with Gasteiger partial charge in [0.25, 0.3) is 0 Å². The highest BCUT2D eigenvalue weighted by Gasteiger charge is 2.23. The number of anilines is 1. The Labute approximate surface area is 198 Å². The van der Waals surface area contributed by atoms with Gasteiger partial charge in [-0.15, -0.1) is 0 Å². The van der Waals surface area contributed by atoms with E-state index in [-0.39, 0.29) is 17.4 Å². The van der Waals surface area contributed by atoms with Crippen LogP contribution in [-0.2, 0) is 4.57 Å². The third-order valence-electron chi connectivity index (χ3n) is 5.75. The number of aromatic nitrogens is 1. The van der Waals surface area contributed by atoms with E-state index in [0.717, 1.165) is 22.1 Å². The summed E-state index contributed by atoms with van der Waals surface area (Å²) in [7, 11) is -2.75. The molecule has 0 spiro atoms. The molecule has 34 heavy (non-hydrogen) atoms. The van der Waals surface area contributed by atoms with Crippen LogP contribution in [0.4, 0.5) is 10.1 Å². The first-order valence-electron chi connectivity index (χ1n) is 10.9. The minimum atomic E-state index is -2.75. The maximum atomic E-state index is 13.6. The highest BCUT2D eigenvalue weighted by Crippen LogP contribution is 2.40. The van der Waals surface area contributed by atoms with Crippen molar-refractivity contribution >= 4 is 35.1 Å². The zero-order valence-corrected chi connectivity index (χ0v) is 20.4. The van der Waals surface area contributed by atoms with Gasteiger partial charge >= 0.3 is 5.97 Å². The minimum absolute atomic E-state index is 0.191. The lowest BCUT2D eigenvalue weighted by molar-refractivity contribution is 0.0698. The van der Waals surface area contributed by atoms with E-state index in [1.165, 1.54) is 12.1 Å². The lowest BCUT2D eigenvalue weighted by Gasteiger charge is -2.21. The lowest BCUT2D eigenvalue weighted by atomic mass is 9.96. The number of aryl methyl sites for hydroxylation is 1. The lowest BCUT2D eigenvalue weighted by Crippen LogP contribution is -2.15. The Kier molecular flexibility index (Phi) is 6.28. The van der Waals surface area contributed by atoms with Crippen LogP contribution in [0, 0.1) is 12.7 Å². The molecule has 4 aromatic rings. The molecular formula is C27H26FN2O3P. The van der Waals surface area contributed by atoms with Crippen molar-refractivity contribution < 1.29 is 18.9 Å². The first kappa shape index (κ1) is 23.7. The van der Waals surface area contributed by atoms with Gasteiger partial charge in [-0.1, -0.05) is 30.3 Å². The number of hydrogen-bond acceptors (Lipinski definition) is 4. The van der Waals surface area contributed by atoms with Crippen LogP contribution < -0.4 is 10.8 Å². The summed E-state index contributed by atoms with van der Waals surface area (Å²) >= 11 is 0. The molecule has 0 aliphatic carbocycles. The summed E-state index contributed by atoms with van der Waals surface area (Å²) in [5.41, 5.74) is 5.27. The summed E-state index contributed by atoms with van der Waals surface area (Å²) in [5.74, 6) is -1.35. The van der Waals surface area contributed by atoms with Gasteiger partial charge in [-0.25, -0.2) is 14.2 Å². The number of rotatable bonds is 6. The molecule has 2 N–H and O–H groups in total. The van der Waals surface area contributed by atoms with E-state index in [2.05, 4.69) is 5.32 Å². The van der Waals surface area contributed by atoms with Crippen molar-refractivity contribution in [2.45, 2.75) is 19.9 Å². The fourth-order valence-corrected chi connectivity index (χ4v) is 5.28. The second-order valence-electron chi connectivity index (χ2n) is 8.85. The second kappa shape index (κ2) is 9.03. The van der Waals surface area contributed by atoms with Crippen LogP contribution in [0.1, 0.15) is 34.5 Å². The number of aromatic carboxylic acids is 1. The van der Waals surface area contributed by atoms with Crippen molar-refractivity contribution in [1.29, 1.82) is 0 Å². The van der Waals surface area contributed by atoms with Crippen LogP contribution in [0.25, 0.3) is 22.0 Å². The van der Waals surface area contributed by atoms with Gasteiger partial charge < -0.3 is 15.0 Å². The average molecular weight is 476 g/mol. The Balaban J connectivity index is 1.91. The molecule has 1 heterocycles. The topological polar surface area (TPSA) is 79.3 Å². The number of pyridine rings is 1. The fourth-order valence-electron chi connectivity index (χ4n) is 4.16. The van der Waals surface area contributed by atoms with Crippen molar-refractivity contribution in [2.75, 3.05) is 18.6 Å². The van der Waals surface area contributed by atoms with E-state index in [1.54, 1.807) is 49.7 Å². The highest BCUT2D eigenvalue weighted by atomic mass is 31.2. The highest BCUT2D eigenvalue weighted by molar-refractivity contribution is 7.70. The van der Waals surface area contributed by atoms with Crippen molar-refractivity contribution in [3.8, 4) is 11.1 Å². The van der Waals surface area contributed by atoms with Gasteiger partial charge in [0, 0.05) is 22.7 Å². The smallest absolute Gasteiger partial charge is 0.337 e. The van der Waals surface area contributed by atoms with E-state index < -0.39 is 13.1 Å². The molecule has 0 bridgehead atoms. The molecule has 0 saturated heterocycles. The van der Waals surface area contributed by atoms with Crippen molar-refractivity contribution in [3.05, 3.63) is 89.2 Å². The Bertz CT molecular complexity index is 1440. The van der Waals surface area contributed by atoms with E-state index in [9.17, 15) is 18.9 Å². The standard InChI is InChI=1S/C27H26FN2O3P/c1-16-13-21(17(2)29-24-8-6-5-7-20(24)27(31)32)23-15-22(18-9-11-19(28)12-10-18)26(34(3,4)33)30-25(23)14-16/h5-15,17,29H,1-4H3,(H,31,32). The van der Waals surface area contributed by atoms with Gasteiger partial charge in [0.1, 0.15) is 18.4 Å². The van der Waals surface area contributed by atoms with Crippen molar-refractivity contribution in [3.63, 3.8) is 0 Å². The van der Waals surface area contributed by atoms with Crippen molar-refractivity contribution in [1.82, 2.24) is 4.98 Å². The molecule has 0 amide bonds. The van der Waals surface area contributed by atoms with Gasteiger partial charge in [0.05, 0.1) is 11.1 Å². The van der Waals surface area contributed by atoms with Crippen LogP contribution in [0.15, 0.2) is 66.7 Å². The second-order valence-corrected chi connectivity index (χ2v) is 12.0. The number of para-hydroxylation sites is 1. The maximum absolute atomic E-state index is 13.6. The molecule has 3 aromatic carbocycles. The predicted molar refractivity (Wildman–Crippen MR) is 136 cm³/mol. The molecule has 1 atom stereocenters. The van der Waals surface area contributed by atoms with E-state index in [4.69, 9.17) is 4.98 Å². The summed E-state index contributed by atoms with van der Waals surface area (Å²) in [5, 5.41) is 13.7. The van der Waals surface area contributed by atoms with Gasteiger partial charge in [0.15, 0.2) is 0 Å². The van der Waals surface area contributed by atoms with Gasteiger partial charge in [-0.2, -0.15) is 0 Å². The quantitative estimate of drug-likeness (QED) is 0.312. The minimum Gasteiger partial charge on any atom is -0.478 e. The SMILES string of the molecule is Cc1cc(C(C)Nc2ccccc2C(=O)O)c2cc(-c3ccc(F)cc3)c(P(C)(C)=O)nc2c1. The van der Waals surface area contributed by atoms with Crippen LogP contribution in [0.3, 0.4) is 0 Å². The normalized spacial score (nSPS) is 12.5. The number of carbonyl (C=O) groups is 1. The number of fused-ring (bicyclic) bond motifs is 1. The third kappa shape index (κ3) is 4.73. The molecular weight excluding hydrogens is 450 g/mol. The van der Waals surface area contributed by atoms with Crippen LogP contribution in [0.2, 0.25) is 0 Å². The summed E-state index contributed by atoms with van der Waals surface area (Å²) in [4.78, 5) is 16.5. The van der Waals surface area contributed by atoms with Gasteiger partial charge in [-0.05, 0) is 80.3 Å². The number of nitrogens with one attached hydrogen (secondary N) is 1. The molecule has 0 saturated carbocycles. The summed E-state index contributed by atoms with van der Waals surface area (Å²) in [6, 6.07) is 18.6. The Morgan fingerprint density at radius 3 is 2.38 bits per heavy atom. The molecule has 0 aliphatic heterocycles. The number of carboxylic acids is 1. The predicted octanol–water partition coefficient (Wildman–Crippen LogP) is 6.47. The monoisotopic (exact) mass is 476 g/mol. The van der Waals surface area contributed by atoms with Gasteiger partial charge in [0.2, 0.25) is 0 Å². The number of nitrogens with zero attached hydrogens (tertiary/aromatic N) is 1. The molecule has 4 rings (SSSR count). The Morgan fingerprint density at radius 1 is 1.06 bits per heavy atom. The molecule has 1 aromatic heterocycles. The van der Waals surface area contributed by atoms with Crippen LogP contribution >= 0.6 is 7.14 Å². The summed E-state index contributed by atoms with van der Waals surface area (Å²) < 4.78 is 26.7. The largest absolute Gasteiger partial charge is 0.478 e. The number of hydrogen-bond donors (Lipinski definition) is 2. The van der Waals surface area contributed by atoms with E-state index in [1.807, 2.05) is 32.0 Å². The molecule has 0 radical (unpaired) electrons. The Morgan fingerprint density at radius 2 is 1.74 bits per heavy atom. The molecule has 0 fully saturated rings. The summed E-state index contributed by atoms with van der Waals surface area (Å²) in [6.07, 6.45) is 0. The fraction of sp³-hybridized carbons (Fsp3) is 0.185. The third-order valence-corrected chi connectivity index (χ3v) is 7.11. The summed E-state index contributed by atoms with van der Waals surface area (Å²) in [6.45, 7) is 7.28. The average Bonchev–Trinajstić information content (AvgIpc) is 2.78. The molecule has 0 aliphatic rings.